The molecule has 0 fully saturated rings. The van der Waals surface area contributed by atoms with Crippen LogP contribution in [0.5, 0.6) is 0 Å². The second kappa shape index (κ2) is 7.36. The summed E-state index contributed by atoms with van der Waals surface area (Å²) in [5, 5.41) is 10.7. The number of nitrogen functional groups attached to an aromatic ring is 1. The van der Waals surface area contributed by atoms with Crippen molar-refractivity contribution in [1.29, 1.82) is 0 Å². The highest BCUT2D eigenvalue weighted by Crippen LogP contribution is 2.32. The molecular formula is C21H17ClN4O2S. The van der Waals surface area contributed by atoms with Gasteiger partial charge in [-0.15, -0.1) is 0 Å². The molecule has 29 heavy (non-hydrogen) atoms. The number of benzene rings is 3. The molecule has 0 aliphatic rings. The smallest absolute Gasteiger partial charge is 0.240 e. The van der Waals surface area contributed by atoms with Crippen molar-refractivity contribution >= 4 is 27.3 Å². The lowest BCUT2D eigenvalue weighted by molar-refractivity contribution is 0.596. The van der Waals surface area contributed by atoms with Gasteiger partial charge in [0.05, 0.1) is 17.1 Å². The van der Waals surface area contributed by atoms with Crippen LogP contribution in [-0.4, -0.2) is 18.2 Å². The molecule has 0 amide bonds. The van der Waals surface area contributed by atoms with Crippen molar-refractivity contribution in [2.24, 2.45) is 5.14 Å². The summed E-state index contributed by atoms with van der Waals surface area (Å²) >= 11 is 6.03. The zero-order valence-electron chi connectivity index (χ0n) is 15.2. The van der Waals surface area contributed by atoms with E-state index >= 15 is 0 Å². The minimum absolute atomic E-state index is 0.0163. The summed E-state index contributed by atoms with van der Waals surface area (Å²) in [5.74, 6) is 0. The Bertz CT molecular complexity index is 1300. The summed E-state index contributed by atoms with van der Waals surface area (Å²) in [4.78, 5) is -0.0163. The number of nitrogens with zero attached hydrogens (tertiary/aromatic N) is 2. The van der Waals surface area contributed by atoms with E-state index in [-0.39, 0.29) is 4.90 Å². The lowest BCUT2D eigenvalue weighted by Crippen LogP contribution is -2.16. The van der Waals surface area contributed by atoms with Gasteiger partial charge in [-0.05, 0) is 42.5 Å². The monoisotopic (exact) mass is 424 g/mol. The Balaban J connectivity index is 1.99. The molecule has 146 valence electrons. The van der Waals surface area contributed by atoms with Gasteiger partial charge in [-0.3, -0.25) is 0 Å². The van der Waals surface area contributed by atoms with Crippen LogP contribution in [0.1, 0.15) is 0 Å². The van der Waals surface area contributed by atoms with Gasteiger partial charge in [0.25, 0.3) is 0 Å². The van der Waals surface area contributed by atoms with Gasteiger partial charge in [0.1, 0.15) is 4.90 Å². The number of aromatic nitrogens is 2. The molecule has 0 radical (unpaired) electrons. The molecule has 4 aromatic rings. The second-order valence-electron chi connectivity index (χ2n) is 6.47. The number of primary sulfonamides is 1. The van der Waals surface area contributed by atoms with Crippen molar-refractivity contribution in [3.8, 4) is 28.2 Å². The molecule has 3 aromatic carbocycles. The van der Waals surface area contributed by atoms with Gasteiger partial charge in [-0.1, -0.05) is 48.0 Å². The van der Waals surface area contributed by atoms with Crippen molar-refractivity contribution in [3.63, 3.8) is 0 Å². The minimum atomic E-state index is -3.95. The third-order valence-electron chi connectivity index (χ3n) is 4.43. The molecule has 0 aliphatic carbocycles. The lowest BCUT2D eigenvalue weighted by atomic mass is 10.1. The Morgan fingerprint density at radius 1 is 0.862 bits per heavy atom. The SMILES string of the molecule is Nc1cccc(-c2cc(-c3ccc(Cl)cc3)n(-c3ccccc3S(N)(=O)=O)n2)c1. The number of hydrogen-bond acceptors (Lipinski definition) is 4. The van der Waals surface area contributed by atoms with Gasteiger partial charge in [-0.25, -0.2) is 18.2 Å². The van der Waals surface area contributed by atoms with E-state index in [1.165, 1.54) is 6.07 Å². The molecule has 0 aliphatic heterocycles. The van der Waals surface area contributed by atoms with Crippen LogP contribution in [0.4, 0.5) is 5.69 Å². The fourth-order valence-corrected chi connectivity index (χ4v) is 3.94. The Morgan fingerprint density at radius 3 is 2.28 bits per heavy atom. The van der Waals surface area contributed by atoms with E-state index in [2.05, 4.69) is 5.10 Å². The van der Waals surface area contributed by atoms with E-state index in [0.29, 0.717) is 27.8 Å². The first-order chi connectivity index (χ1) is 13.8. The highest BCUT2D eigenvalue weighted by atomic mass is 35.5. The van der Waals surface area contributed by atoms with E-state index in [9.17, 15) is 8.42 Å². The molecule has 0 bridgehead atoms. The highest BCUT2D eigenvalue weighted by molar-refractivity contribution is 7.89. The second-order valence-corrected chi connectivity index (χ2v) is 8.44. The van der Waals surface area contributed by atoms with E-state index in [4.69, 9.17) is 22.5 Å². The maximum atomic E-state index is 12.1. The van der Waals surface area contributed by atoms with Crippen LogP contribution in [0, 0.1) is 0 Å². The molecule has 0 spiro atoms. The number of anilines is 1. The molecule has 0 unspecified atom stereocenters. The van der Waals surface area contributed by atoms with Crippen molar-refractivity contribution in [3.05, 3.63) is 83.9 Å². The number of nitrogens with two attached hydrogens (primary N) is 2. The number of hydrogen-bond donors (Lipinski definition) is 2. The van der Waals surface area contributed by atoms with Crippen molar-refractivity contribution in [2.45, 2.75) is 4.90 Å². The van der Waals surface area contributed by atoms with Crippen molar-refractivity contribution in [2.75, 3.05) is 5.73 Å². The van der Waals surface area contributed by atoms with Gasteiger partial charge < -0.3 is 5.73 Å². The number of sulfonamides is 1. The van der Waals surface area contributed by atoms with Gasteiger partial charge >= 0.3 is 0 Å². The maximum Gasteiger partial charge on any atom is 0.240 e. The van der Waals surface area contributed by atoms with Crippen LogP contribution in [0.15, 0.2) is 83.8 Å². The third kappa shape index (κ3) is 3.88. The average molecular weight is 425 g/mol. The molecule has 1 aromatic heterocycles. The zero-order chi connectivity index (χ0) is 20.6. The van der Waals surface area contributed by atoms with Crippen LogP contribution in [-0.2, 0) is 10.0 Å². The quantitative estimate of drug-likeness (QED) is 0.481. The third-order valence-corrected chi connectivity index (χ3v) is 5.64. The van der Waals surface area contributed by atoms with Crippen molar-refractivity contribution < 1.29 is 8.42 Å². The Labute approximate surface area is 173 Å². The normalized spacial score (nSPS) is 11.5. The molecular weight excluding hydrogens is 408 g/mol. The molecule has 4 N–H and O–H groups in total. The fourth-order valence-electron chi connectivity index (χ4n) is 3.10. The molecule has 4 rings (SSSR count). The van der Waals surface area contributed by atoms with Crippen LogP contribution in [0.25, 0.3) is 28.2 Å². The fraction of sp³-hybridized carbons (Fsp3) is 0. The molecule has 6 nitrogen and oxygen atoms in total. The average Bonchev–Trinajstić information content (AvgIpc) is 3.13. The van der Waals surface area contributed by atoms with E-state index in [1.807, 2.05) is 36.4 Å². The number of para-hydroxylation sites is 1. The van der Waals surface area contributed by atoms with E-state index in [0.717, 1.165) is 11.1 Å². The minimum Gasteiger partial charge on any atom is -0.399 e. The van der Waals surface area contributed by atoms with Gasteiger partial charge in [0.2, 0.25) is 10.0 Å². The standard InChI is InChI=1S/C21H17ClN4O2S/c22-16-10-8-14(9-11-16)20-13-18(15-4-3-5-17(23)12-15)25-26(20)19-6-1-2-7-21(19)29(24,27)28/h1-13H,23H2,(H2,24,27,28). The summed E-state index contributed by atoms with van der Waals surface area (Å²) in [6.45, 7) is 0. The molecule has 0 saturated carbocycles. The predicted octanol–water partition coefficient (Wildman–Crippen LogP) is 4.09. The van der Waals surface area contributed by atoms with Crippen LogP contribution in [0.2, 0.25) is 5.02 Å². The summed E-state index contributed by atoms with van der Waals surface area (Å²) in [7, 11) is -3.95. The van der Waals surface area contributed by atoms with Crippen LogP contribution < -0.4 is 10.9 Å². The Hall–Kier alpha value is -3.13. The zero-order valence-corrected chi connectivity index (χ0v) is 16.7. The van der Waals surface area contributed by atoms with Crippen LogP contribution in [0.3, 0.4) is 0 Å². The van der Waals surface area contributed by atoms with Crippen LogP contribution >= 0.6 is 11.6 Å². The van der Waals surface area contributed by atoms with Gasteiger partial charge in [-0.2, -0.15) is 5.10 Å². The Kier molecular flexibility index (Phi) is 4.87. The molecule has 1 heterocycles. The molecule has 8 heteroatoms. The molecule has 0 saturated heterocycles. The summed E-state index contributed by atoms with van der Waals surface area (Å²) in [6.07, 6.45) is 0. The lowest BCUT2D eigenvalue weighted by Gasteiger charge is -2.11. The number of halogens is 1. The maximum absolute atomic E-state index is 12.1. The first-order valence-electron chi connectivity index (χ1n) is 8.67. The summed E-state index contributed by atoms with van der Waals surface area (Å²) in [5.41, 5.74) is 9.85. The number of rotatable bonds is 4. The van der Waals surface area contributed by atoms with Crippen molar-refractivity contribution in [1.82, 2.24) is 9.78 Å². The summed E-state index contributed by atoms with van der Waals surface area (Å²) < 4.78 is 25.9. The first kappa shape index (κ1) is 19.2. The van der Waals surface area contributed by atoms with E-state index in [1.54, 1.807) is 41.1 Å². The Morgan fingerprint density at radius 2 is 1.59 bits per heavy atom. The predicted molar refractivity (Wildman–Crippen MR) is 115 cm³/mol. The van der Waals surface area contributed by atoms with Gasteiger partial charge in [0, 0.05) is 21.8 Å². The van der Waals surface area contributed by atoms with Gasteiger partial charge in [0.15, 0.2) is 0 Å². The summed E-state index contributed by atoms with van der Waals surface area (Å²) in [6, 6.07) is 22.9. The van der Waals surface area contributed by atoms with E-state index < -0.39 is 10.0 Å². The first-order valence-corrected chi connectivity index (χ1v) is 10.6. The largest absolute Gasteiger partial charge is 0.399 e. The topological polar surface area (TPSA) is 104 Å². The molecule has 0 atom stereocenters. The highest BCUT2D eigenvalue weighted by Gasteiger charge is 2.20.